The molecule has 0 atom stereocenters. The van der Waals surface area contributed by atoms with Crippen molar-refractivity contribution in [3.8, 4) is 0 Å². The van der Waals surface area contributed by atoms with Gasteiger partial charge in [-0.15, -0.1) is 0 Å². The summed E-state index contributed by atoms with van der Waals surface area (Å²) >= 11 is 0. The Labute approximate surface area is 146 Å². The van der Waals surface area contributed by atoms with E-state index in [1.54, 1.807) is 7.11 Å². The summed E-state index contributed by atoms with van der Waals surface area (Å²) in [5, 5.41) is 3.50. The fourth-order valence-electron chi connectivity index (χ4n) is 2.72. The number of hydrogen-bond donors (Lipinski definition) is 1. The highest BCUT2D eigenvalue weighted by Crippen LogP contribution is 2.12. The number of likely N-dealkylation sites (tertiary alicyclic amines) is 1. The van der Waals surface area contributed by atoms with Crippen LogP contribution in [0.3, 0.4) is 0 Å². The van der Waals surface area contributed by atoms with Crippen molar-refractivity contribution in [3.63, 3.8) is 0 Å². The molecule has 0 aliphatic carbocycles. The largest absolute Gasteiger partial charge is 0.382 e. The molecule has 1 heterocycles. The van der Waals surface area contributed by atoms with E-state index in [1.165, 1.54) is 19.3 Å². The molecule has 0 unspecified atom stereocenters. The predicted octanol–water partition coefficient (Wildman–Crippen LogP) is 3.38. The number of benzene rings is 1. The van der Waals surface area contributed by atoms with Crippen molar-refractivity contribution < 1.29 is 9.47 Å². The molecular weight excluding hydrogens is 302 g/mol. The topological polar surface area (TPSA) is 46.1 Å². The molecule has 24 heavy (non-hydrogen) atoms. The summed E-state index contributed by atoms with van der Waals surface area (Å²) < 4.78 is 10.5. The van der Waals surface area contributed by atoms with Gasteiger partial charge in [0.15, 0.2) is 5.96 Å². The Hall–Kier alpha value is -1.59. The molecule has 5 nitrogen and oxygen atoms in total. The Morgan fingerprint density at radius 2 is 1.83 bits per heavy atom. The van der Waals surface area contributed by atoms with Crippen LogP contribution in [0.2, 0.25) is 0 Å². The highest BCUT2D eigenvalue weighted by atomic mass is 16.5. The van der Waals surface area contributed by atoms with Crippen LogP contribution in [0, 0.1) is 0 Å². The molecule has 0 radical (unpaired) electrons. The first kappa shape index (κ1) is 18.7. The van der Waals surface area contributed by atoms with Crippen LogP contribution < -0.4 is 5.32 Å². The van der Waals surface area contributed by atoms with Gasteiger partial charge in [-0.3, -0.25) is 4.99 Å². The number of nitrogens with one attached hydrogen (secondary N) is 1. The lowest BCUT2D eigenvalue weighted by atomic mass is 10.1. The minimum atomic E-state index is 0.665. The van der Waals surface area contributed by atoms with Gasteiger partial charge in [0.1, 0.15) is 0 Å². The quantitative estimate of drug-likeness (QED) is 0.427. The van der Waals surface area contributed by atoms with Crippen molar-refractivity contribution >= 4 is 11.6 Å². The average molecular weight is 333 g/mol. The predicted molar refractivity (Wildman–Crippen MR) is 99.7 cm³/mol. The van der Waals surface area contributed by atoms with Crippen LogP contribution >= 0.6 is 0 Å². The van der Waals surface area contributed by atoms with Gasteiger partial charge in [0.25, 0.3) is 0 Å². The number of rotatable bonds is 9. The number of guanidine groups is 1. The molecule has 2 rings (SSSR count). The Balaban J connectivity index is 1.78. The van der Waals surface area contributed by atoms with Gasteiger partial charge in [-0.1, -0.05) is 18.2 Å². The van der Waals surface area contributed by atoms with E-state index in [1.807, 2.05) is 18.2 Å². The van der Waals surface area contributed by atoms with E-state index in [9.17, 15) is 0 Å². The van der Waals surface area contributed by atoms with Crippen molar-refractivity contribution in [2.24, 2.45) is 4.99 Å². The molecule has 1 aromatic rings. The summed E-state index contributed by atoms with van der Waals surface area (Å²) in [6.07, 6.45) is 5.91. The normalized spacial score (nSPS) is 15.5. The number of nitrogens with zero attached hydrogens (tertiary/aromatic N) is 2. The van der Waals surface area contributed by atoms with E-state index in [-0.39, 0.29) is 0 Å². The number of piperidine rings is 1. The molecule has 1 aromatic carbocycles. The number of unbranched alkanes of at least 4 members (excludes halogenated alkanes) is 1. The Morgan fingerprint density at radius 1 is 1.04 bits per heavy atom. The summed E-state index contributed by atoms with van der Waals surface area (Å²) in [4.78, 5) is 7.21. The number of methoxy groups -OCH3 is 1. The minimum absolute atomic E-state index is 0.665. The minimum Gasteiger partial charge on any atom is -0.382 e. The van der Waals surface area contributed by atoms with Gasteiger partial charge >= 0.3 is 0 Å². The van der Waals surface area contributed by atoms with Gasteiger partial charge in [-0.25, -0.2) is 0 Å². The van der Waals surface area contributed by atoms with Crippen molar-refractivity contribution in [2.75, 3.05) is 51.9 Å². The van der Waals surface area contributed by atoms with E-state index in [2.05, 4.69) is 22.3 Å². The first-order valence-corrected chi connectivity index (χ1v) is 9.08. The lowest BCUT2D eigenvalue weighted by Crippen LogP contribution is -2.40. The lowest BCUT2D eigenvalue weighted by molar-refractivity contribution is 0.0690. The van der Waals surface area contributed by atoms with E-state index >= 15 is 0 Å². The second-order valence-corrected chi connectivity index (χ2v) is 6.06. The summed E-state index contributed by atoms with van der Waals surface area (Å²) in [7, 11) is 1.69. The zero-order chi connectivity index (χ0) is 16.9. The average Bonchev–Trinajstić information content (AvgIpc) is 2.64. The van der Waals surface area contributed by atoms with Crippen molar-refractivity contribution in [2.45, 2.75) is 32.1 Å². The Kier molecular flexibility index (Phi) is 9.27. The molecule has 0 bridgehead atoms. The maximum atomic E-state index is 5.49. The molecule has 1 aliphatic rings. The molecule has 5 heteroatoms. The fraction of sp³-hybridized carbons (Fsp3) is 0.632. The van der Waals surface area contributed by atoms with Crippen LogP contribution in [-0.4, -0.2) is 57.4 Å². The summed E-state index contributed by atoms with van der Waals surface area (Å²) in [6.45, 7) is 5.15. The molecular formula is C19H31N3O2. The second kappa shape index (κ2) is 11.9. The van der Waals surface area contributed by atoms with Crippen molar-refractivity contribution in [1.29, 1.82) is 0 Å². The molecule has 0 aromatic heterocycles. The molecule has 134 valence electrons. The van der Waals surface area contributed by atoms with Crippen LogP contribution in [0.25, 0.3) is 0 Å². The number of aliphatic imine (C=N–C) groups is 1. The van der Waals surface area contributed by atoms with Crippen molar-refractivity contribution in [3.05, 3.63) is 30.3 Å². The van der Waals surface area contributed by atoms with Gasteiger partial charge < -0.3 is 19.7 Å². The highest BCUT2D eigenvalue weighted by Gasteiger charge is 2.14. The molecule has 0 amide bonds. The van der Waals surface area contributed by atoms with Crippen LogP contribution in [0.15, 0.2) is 35.3 Å². The van der Waals surface area contributed by atoms with E-state index < -0.39 is 0 Å². The zero-order valence-electron chi connectivity index (χ0n) is 14.9. The third kappa shape index (κ3) is 7.32. The fourth-order valence-corrected chi connectivity index (χ4v) is 2.72. The SMILES string of the molecule is COCCOCCCCN=C(Nc1ccccc1)N1CCCCC1. The zero-order valence-corrected chi connectivity index (χ0v) is 14.9. The molecule has 1 N–H and O–H groups in total. The van der Waals surface area contributed by atoms with Crippen molar-refractivity contribution in [1.82, 2.24) is 4.90 Å². The van der Waals surface area contributed by atoms with Crippen LogP contribution in [-0.2, 0) is 9.47 Å². The summed E-state index contributed by atoms with van der Waals surface area (Å²) in [5.74, 6) is 1.02. The second-order valence-electron chi connectivity index (χ2n) is 6.06. The molecule has 0 spiro atoms. The van der Waals surface area contributed by atoms with E-state index in [0.717, 1.165) is 50.7 Å². The monoisotopic (exact) mass is 333 g/mol. The van der Waals surface area contributed by atoms with Crippen LogP contribution in [0.1, 0.15) is 32.1 Å². The van der Waals surface area contributed by atoms with Gasteiger partial charge in [-0.05, 0) is 44.2 Å². The summed E-state index contributed by atoms with van der Waals surface area (Å²) in [5.41, 5.74) is 1.10. The Morgan fingerprint density at radius 3 is 2.58 bits per heavy atom. The van der Waals surface area contributed by atoms with Crippen LogP contribution in [0.5, 0.6) is 0 Å². The van der Waals surface area contributed by atoms with Gasteiger partial charge in [0.2, 0.25) is 0 Å². The maximum absolute atomic E-state index is 5.49. The number of ether oxygens (including phenoxy) is 2. The first-order chi connectivity index (χ1) is 11.9. The van der Waals surface area contributed by atoms with Gasteiger partial charge in [0, 0.05) is 39.0 Å². The number of anilines is 1. The van der Waals surface area contributed by atoms with Gasteiger partial charge in [-0.2, -0.15) is 0 Å². The van der Waals surface area contributed by atoms with E-state index in [4.69, 9.17) is 14.5 Å². The lowest BCUT2D eigenvalue weighted by Gasteiger charge is -2.30. The number of hydrogen-bond acceptors (Lipinski definition) is 3. The van der Waals surface area contributed by atoms with Crippen LogP contribution in [0.4, 0.5) is 5.69 Å². The molecule has 1 aliphatic heterocycles. The standard InChI is InChI=1S/C19H31N3O2/c1-23-16-17-24-15-9-6-12-20-19(22-13-7-3-8-14-22)21-18-10-4-2-5-11-18/h2,4-5,10-11H,3,6-9,12-17H2,1H3,(H,20,21). The van der Waals surface area contributed by atoms with E-state index in [0.29, 0.717) is 13.2 Å². The molecule has 0 saturated carbocycles. The summed E-state index contributed by atoms with van der Waals surface area (Å²) in [6, 6.07) is 10.3. The molecule has 1 saturated heterocycles. The number of para-hydroxylation sites is 1. The molecule has 1 fully saturated rings. The van der Waals surface area contributed by atoms with Gasteiger partial charge in [0.05, 0.1) is 13.2 Å². The third-order valence-corrected chi connectivity index (χ3v) is 4.08. The Bertz CT molecular complexity index is 459. The highest BCUT2D eigenvalue weighted by molar-refractivity contribution is 5.93. The first-order valence-electron chi connectivity index (χ1n) is 9.08. The third-order valence-electron chi connectivity index (χ3n) is 4.08. The smallest absolute Gasteiger partial charge is 0.198 e. The maximum Gasteiger partial charge on any atom is 0.198 e.